The molecule has 0 fully saturated rings. The molecular formula is C50H83NO5. The Balaban J connectivity index is 4.18. The Hall–Kier alpha value is -3.41. The zero-order valence-electron chi connectivity index (χ0n) is 36.0. The molecular weight excluding hydrogens is 695 g/mol. The van der Waals surface area contributed by atoms with Crippen LogP contribution in [-0.2, 0) is 19.1 Å². The number of aliphatic carboxylic acids is 1. The molecule has 0 aromatic heterocycles. The average Bonchev–Trinajstić information content (AvgIpc) is 3.18. The van der Waals surface area contributed by atoms with Crippen LogP contribution < -0.4 is 5.32 Å². The van der Waals surface area contributed by atoms with Crippen LogP contribution in [0.25, 0.3) is 0 Å². The fraction of sp³-hybridized carbons (Fsp3) is 0.660. The lowest BCUT2D eigenvalue weighted by Crippen LogP contribution is -2.28. The number of carbonyl (C=O) groups is 3. The molecule has 2 N–H and O–H groups in total. The van der Waals surface area contributed by atoms with Crippen LogP contribution in [-0.4, -0.2) is 35.6 Å². The van der Waals surface area contributed by atoms with Crippen molar-refractivity contribution in [2.24, 2.45) is 0 Å². The molecule has 6 heteroatoms. The minimum atomic E-state index is -1.03. The number of hydrogen-bond donors (Lipinski definition) is 2. The first kappa shape index (κ1) is 52.6. The summed E-state index contributed by atoms with van der Waals surface area (Å²) in [4.78, 5) is 35.0. The fourth-order valence-corrected chi connectivity index (χ4v) is 6.20. The van der Waals surface area contributed by atoms with Crippen molar-refractivity contribution in [1.29, 1.82) is 0 Å². The van der Waals surface area contributed by atoms with Gasteiger partial charge in [-0.1, -0.05) is 176 Å². The number of esters is 1. The van der Waals surface area contributed by atoms with Crippen LogP contribution in [0.5, 0.6) is 0 Å². The lowest BCUT2D eigenvalue weighted by molar-refractivity contribution is -0.147. The van der Waals surface area contributed by atoms with Crippen molar-refractivity contribution in [3.63, 3.8) is 0 Å². The zero-order chi connectivity index (χ0) is 40.8. The molecule has 318 valence electrons. The largest absolute Gasteiger partial charge is 0.480 e. The highest BCUT2D eigenvalue weighted by atomic mass is 16.5. The number of carboxylic acid groups (broad SMARTS) is 1. The highest BCUT2D eigenvalue weighted by Gasteiger charge is 2.11. The van der Waals surface area contributed by atoms with Crippen molar-refractivity contribution < 1.29 is 24.2 Å². The lowest BCUT2D eigenvalue weighted by atomic mass is 10.1. The molecule has 0 radical (unpaired) electrons. The summed E-state index contributed by atoms with van der Waals surface area (Å²) < 4.78 is 5.92. The van der Waals surface area contributed by atoms with Crippen molar-refractivity contribution in [3.05, 3.63) is 85.1 Å². The maximum atomic E-state index is 12.7. The summed E-state index contributed by atoms with van der Waals surface area (Å²) in [5, 5.41) is 11.1. The van der Waals surface area contributed by atoms with E-state index in [1.807, 2.05) is 6.08 Å². The van der Waals surface area contributed by atoms with E-state index in [9.17, 15) is 14.4 Å². The topological polar surface area (TPSA) is 92.7 Å². The van der Waals surface area contributed by atoms with Gasteiger partial charge in [0.2, 0.25) is 5.91 Å². The van der Waals surface area contributed by atoms with E-state index in [-0.39, 0.29) is 24.5 Å². The third kappa shape index (κ3) is 43.3. The van der Waals surface area contributed by atoms with Gasteiger partial charge in [-0.3, -0.25) is 14.4 Å². The van der Waals surface area contributed by atoms with E-state index in [0.717, 1.165) is 89.9 Å². The van der Waals surface area contributed by atoms with Gasteiger partial charge in [-0.15, -0.1) is 0 Å². The van der Waals surface area contributed by atoms with Gasteiger partial charge in [-0.2, -0.15) is 0 Å². The molecule has 0 aromatic carbocycles. The van der Waals surface area contributed by atoms with E-state index in [4.69, 9.17) is 9.84 Å². The van der Waals surface area contributed by atoms with E-state index in [1.165, 1.54) is 83.5 Å². The normalized spacial score (nSPS) is 12.9. The Morgan fingerprint density at radius 1 is 0.500 bits per heavy atom. The van der Waals surface area contributed by atoms with Gasteiger partial charge in [0.25, 0.3) is 0 Å². The van der Waals surface area contributed by atoms with Crippen molar-refractivity contribution in [1.82, 2.24) is 5.32 Å². The van der Waals surface area contributed by atoms with E-state index < -0.39 is 5.97 Å². The molecule has 0 aliphatic heterocycles. The van der Waals surface area contributed by atoms with Gasteiger partial charge in [-0.25, -0.2) is 0 Å². The summed E-state index contributed by atoms with van der Waals surface area (Å²) in [5.74, 6) is -1.35. The first-order chi connectivity index (χ1) is 27.5. The Morgan fingerprint density at radius 2 is 0.929 bits per heavy atom. The lowest BCUT2D eigenvalue weighted by Gasteiger charge is -2.14. The van der Waals surface area contributed by atoms with Crippen LogP contribution in [0.1, 0.15) is 200 Å². The second-order valence-electron chi connectivity index (χ2n) is 14.9. The van der Waals surface area contributed by atoms with Crippen LogP contribution in [0, 0.1) is 0 Å². The molecule has 0 rings (SSSR count). The highest BCUT2D eigenvalue weighted by Crippen LogP contribution is 2.15. The van der Waals surface area contributed by atoms with Gasteiger partial charge in [0.1, 0.15) is 12.6 Å². The molecule has 0 saturated carbocycles. The Kier molecular flexibility index (Phi) is 41.6. The van der Waals surface area contributed by atoms with Gasteiger partial charge in [0.15, 0.2) is 0 Å². The maximum absolute atomic E-state index is 12.7. The third-order valence-electron chi connectivity index (χ3n) is 9.54. The van der Waals surface area contributed by atoms with Gasteiger partial charge in [-0.05, 0) is 96.0 Å². The van der Waals surface area contributed by atoms with Crippen LogP contribution in [0.3, 0.4) is 0 Å². The fourth-order valence-electron chi connectivity index (χ4n) is 6.20. The molecule has 1 unspecified atom stereocenters. The average molecular weight is 778 g/mol. The Labute approximate surface area is 344 Å². The highest BCUT2D eigenvalue weighted by molar-refractivity contribution is 5.80. The summed E-state index contributed by atoms with van der Waals surface area (Å²) in [7, 11) is 0. The van der Waals surface area contributed by atoms with Gasteiger partial charge in [0.05, 0.1) is 0 Å². The number of hydrogen-bond acceptors (Lipinski definition) is 4. The number of nitrogens with one attached hydrogen (secondary N) is 1. The number of unbranched alkanes of at least 4 members (excludes halogenated alkanes) is 17. The summed E-state index contributed by atoms with van der Waals surface area (Å²) in [5.41, 5.74) is 0. The standard InChI is InChI=1S/C50H83NO5/c1-3-5-7-9-11-13-15-16-17-18-19-20-21-22-23-24-25-26-28-30-32-37-41-45-50(55)56-47(42-38-34-31-29-27-14-12-10-8-6-4-2)43-39-35-33-36-40-44-48(52)51-46-49(53)54/h6,8,12,14-16,18-19,21-22,29,31,38,42,47H,3-5,7,9-11,13,17,20,23-28,30,32-37,39-41,43-46H2,1-2H3,(H,51,52)(H,53,54)/b8-6-,14-12-,16-15-,19-18-,22-21-,31-29-,42-38-. The smallest absolute Gasteiger partial charge is 0.322 e. The summed E-state index contributed by atoms with van der Waals surface area (Å²) >= 11 is 0. The quantitative estimate of drug-likeness (QED) is 0.0367. The molecule has 1 atom stereocenters. The number of allylic oxidation sites excluding steroid dienone is 13. The monoisotopic (exact) mass is 778 g/mol. The minimum absolute atomic E-state index is 0.103. The predicted molar refractivity (Wildman–Crippen MR) is 240 cm³/mol. The van der Waals surface area contributed by atoms with Gasteiger partial charge in [0, 0.05) is 12.8 Å². The number of amides is 1. The SMILES string of the molecule is CC/C=C\C/C=C\C/C=C\C/C=C\C(CCCCCCCC(=O)NCC(=O)O)OC(=O)CCCCCCCCCC/C=C\C/C=C\C/C=C\CCCCCCC. The van der Waals surface area contributed by atoms with E-state index >= 15 is 0 Å². The molecule has 0 saturated heterocycles. The van der Waals surface area contributed by atoms with E-state index in [2.05, 4.69) is 98.2 Å². The number of carboxylic acids is 1. The number of ether oxygens (including phenoxy) is 1. The molecule has 0 bridgehead atoms. The van der Waals surface area contributed by atoms with Crippen LogP contribution in [0.15, 0.2) is 85.1 Å². The molecule has 0 aliphatic rings. The third-order valence-corrected chi connectivity index (χ3v) is 9.54. The summed E-state index contributed by atoms with van der Waals surface area (Å²) in [6.45, 7) is 4.08. The molecule has 1 amide bonds. The summed E-state index contributed by atoms with van der Waals surface area (Å²) in [6.07, 6.45) is 61.6. The van der Waals surface area contributed by atoms with Crippen LogP contribution >= 0.6 is 0 Å². The Morgan fingerprint density at radius 3 is 1.45 bits per heavy atom. The van der Waals surface area contributed by atoms with Crippen molar-refractivity contribution >= 4 is 17.8 Å². The van der Waals surface area contributed by atoms with Gasteiger partial charge < -0.3 is 15.2 Å². The first-order valence-corrected chi connectivity index (χ1v) is 22.7. The van der Waals surface area contributed by atoms with E-state index in [0.29, 0.717) is 12.8 Å². The van der Waals surface area contributed by atoms with E-state index in [1.54, 1.807) is 0 Å². The molecule has 0 spiro atoms. The van der Waals surface area contributed by atoms with Crippen molar-refractivity contribution in [2.45, 2.75) is 206 Å². The molecule has 0 heterocycles. The second-order valence-corrected chi connectivity index (χ2v) is 14.9. The summed E-state index contributed by atoms with van der Waals surface area (Å²) in [6, 6.07) is 0. The molecule has 6 nitrogen and oxygen atoms in total. The van der Waals surface area contributed by atoms with Crippen molar-refractivity contribution in [2.75, 3.05) is 6.54 Å². The van der Waals surface area contributed by atoms with Crippen LogP contribution in [0.2, 0.25) is 0 Å². The minimum Gasteiger partial charge on any atom is -0.480 e. The molecule has 0 aromatic rings. The maximum Gasteiger partial charge on any atom is 0.322 e. The molecule has 0 aliphatic carbocycles. The van der Waals surface area contributed by atoms with Crippen molar-refractivity contribution in [3.8, 4) is 0 Å². The first-order valence-electron chi connectivity index (χ1n) is 22.7. The predicted octanol–water partition coefficient (Wildman–Crippen LogP) is 14.3. The number of rotatable bonds is 40. The van der Waals surface area contributed by atoms with Crippen LogP contribution in [0.4, 0.5) is 0 Å². The zero-order valence-corrected chi connectivity index (χ0v) is 36.0. The second kappa shape index (κ2) is 44.3. The molecule has 56 heavy (non-hydrogen) atoms. The Bertz CT molecular complexity index is 1130. The van der Waals surface area contributed by atoms with Gasteiger partial charge >= 0.3 is 11.9 Å². The number of carbonyl (C=O) groups excluding carboxylic acids is 2.